The molecule has 0 atom stereocenters. The van der Waals surface area contributed by atoms with Crippen LogP contribution in [-0.4, -0.2) is 37.1 Å². The number of nitrogens with one attached hydrogen (secondary N) is 2. The number of carbonyl (C=O) groups excluding carboxylic acids is 3. The van der Waals surface area contributed by atoms with Crippen molar-refractivity contribution in [3.05, 3.63) is 29.8 Å². The topological polar surface area (TPSA) is 84.5 Å². The summed E-state index contributed by atoms with van der Waals surface area (Å²) in [6.07, 6.45) is -6.06. The van der Waals surface area contributed by atoms with Gasteiger partial charge in [-0.1, -0.05) is 12.1 Å². The standard InChI is InChI=1S/C14H15F3N2O4/c1-9(20)10-4-2-3-5-11(10)19-12(21)6-7-18-13(22)23-8-14(15,16)17/h2-5H,6-8H2,1H3,(H,18,22)(H,19,21). The maximum atomic E-state index is 11.8. The molecular weight excluding hydrogens is 317 g/mol. The van der Waals surface area contributed by atoms with Crippen molar-refractivity contribution in [2.75, 3.05) is 18.5 Å². The van der Waals surface area contributed by atoms with Gasteiger partial charge in [-0.25, -0.2) is 4.79 Å². The molecule has 0 spiro atoms. The van der Waals surface area contributed by atoms with Crippen LogP contribution in [0.3, 0.4) is 0 Å². The number of para-hydroxylation sites is 1. The molecule has 0 aliphatic rings. The highest BCUT2D eigenvalue weighted by Crippen LogP contribution is 2.16. The highest BCUT2D eigenvalue weighted by Gasteiger charge is 2.29. The number of ketones is 1. The number of halogens is 3. The fourth-order valence-electron chi connectivity index (χ4n) is 1.59. The number of alkyl halides is 3. The minimum Gasteiger partial charge on any atom is -0.440 e. The molecule has 0 aromatic heterocycles. The monoisotopic (exact) mass is 332 g/mol. The molecule has 0 aliphatic heterocycles. The van der Waals surface area contributed by atoms with Gasteiger partial charge in [0.15, 0.2) is 12.4 Å². The summed E-state index contributed by atoms with van der Waals surface area (Å²) in [4.78, 5) is 34.0. The van der Waals surface area contributed by atoms with Gasteiger partial charge in [-0.2, -0.15) is 13.2 Å². The van der Waals surface area contributed by atoms with Crippen LogP contribution >= 0.6 is 0 Å². The molecule has 2 N–H and O–H groups in total. The molecule has 0 aliphatic carbocycles. The lowest BCUT2D eigenvalue weighted by atomic mass is 10.1. The lowest BCUT2D eigenvalue weighted by Crippen LogP contribution is -2.31. The van der Waals surface area contributed by atoms with Crippen molar-refractivity contribution < 1.29 is 32.3 Å². The maximum Gasteiger partial charge on any atom is 0.422 e. The van der Waals surface area contributed by atoms with Crippen molar-refractivity contribution in [1.82, 2.24) is 5.32 Å². The summed E-state index contributed by atoms with van der Waals surface area (Å²) in [7, 11) is 0. The molecule has 1 aromatic rings. The summed E-state index contributed by atoms with van der Waals surface area (Å²) in [5.74, 6) is -0.732. The molecule has 0 bridgehead atoms. The molecule has 2 amide bonds. The Morgan fingerprint density at radius 1 is 1.17 bits per heavy atom. The summed E-state index contributed by atoms with van der Waals surface area (Å²) in [6, 6.07) is 6.36. The van der Waals surface area contributed by atoms with Crippen LogP contribution in [0.25, 0.3) is 0 Å². The first kappa shape index (κ1) is 18.5. The third-order valence-electron chi connectivity index (χ3n) is 2.57. The highest BCUT2D eigenvalue weighted by molar-refractivity contribution is 6.03. The summed E-state index contributed by atoms with van der Waals surface area (Å²) >= 11 is 0. The van der Waals surface area contributed by atoms with Crippen LogP contribution in [0, 0.1) is 0 Å². The van der Waals surface area contributed by atoms with E-state index in [1.54, 1.807) is 24.3 Å². The van der Waals surface area contributed by atoms with Crippen LogP contribution in [0.5, 0.6) is 0 Å². The maximum absolute atomic E-state index is 11.8. The Hall–Kier alpha value is -2.58. The number of rotatable bonds is 6. The van der Waals surface area contributed by atoms with Crippen molar-refractivity contribution in [3.63, 3.8) is 0 Å². The molecule has 1 aromatic carbocycles. The van der Waals surface area contributed by atoms with E-state index in [1.165, 1.54) is 6.92 Å². The molecule has 0 saturated heterocycles. The summed E-state index contributed by atoms with van der Waals surface area (Å²) in [5.41, 5.74) is 0.656. The van der Waals surface area contributed by atoms with Crippen LogP contribution in [0.2, 0.25) is 0 Å². The lowest BCUT2D eigenvalue weighted by Gasteiger charge is -2.10. The molecule has 6 nitrogen and oxygen atoms in total. The van der Waals surface area contributed by atoms with Crippen LogP contribution in [0.1, 0.15) is 23.7 Å². The van der Waals surface area contributed by atoms with E-state index >= 15 is 0 Å². The summed E-state index contributed by atoms with van der Waals surface area (Å²) < 4.78 is 39.4. The van der Waals surface area contributed by atoms with Crippen molar-refractivity contribution in [1.29, 1.82) is 0 Å². The van der Waals surface area contributed by atoms with Crippen molar-refractivity contribution in [3.8, 4) is 0 Å². The zero-order valence-corrected chi connectivity index (χ0v) is 12.2. The molecule has 0 unspecified atom stereocenters. The quantitative estimate of drug-likeness (QED) is 0.784. The second-order valence-corrected chi connectivity index (χ2v) is 4.52. The van der Waals surface area contributed by atoms with Crippen molar-refractivity contribution >= 4 is 23.5 Å². The van der Waals surface area contributed by atoms with E-state index in [4.69, 9.17) is 0 Å². The Kier molecular flexibility index (Phi) is 6.55. The van der Waals surface area contributed by atoms with Gasteiger partial charge in [-0.05, 0) is 19.1 Å². The number of hydrogen-bond acceptors (Lipinski definition) is 4. The second-order valence-electron chi connectivity index (χ2n) is 4.52. The van der Waals surface area contributed by atoms with Crippen LogP contribution in [0.15, 0.2) is 24.3 Å². The van der Waals surface area contributed by atoms with Gasteiger partial charge in [-0.15, -0.1) is 0 Å². The molecule has 0 fully saturated rings. The van der Waals surface area contributed by atoms with E-state index in [-0.39, 0.29) is 18.7 Å². The van der Waals surface area contributed by atoms with E-state index in [0.717, 1.165) is 0 Å². The summed E-state index contributed by atoms with van der Waals surface area (Å²) in [5, 5.41) is 4.51. The van der Waals surface area contributed by atoms with E-state index in [2.05, 4.69) is 10.1 Å². The third-order valence-corrected chi connectivity index (χ3v) is 2.57. The minimum atomic E-state index is -4.61. The van der Waals surface area contributed by atoms with Crippen LogP contribution in [-0.2, 0) is 9.53 Å². The number of hydrogen-bond donors (Lipinski definition) is 2. The Bertz CT molecular complexity index is 588. The van der Waals surface area contributed by atoms with Gasteiger partial charge in [0.1, 0.15) is 0 Å². The Morgan fingerprint density at radius 2 is 1.83 bits per heavy atom. The van der Waals surface area contributed by atoms with E-state index in [9.17, 15) is 27.6 Å². The molecule has 126 valence electrons. The van der Waals surface area contributed by atoms with Gasteiger partial charge >= 0.3 is 12.3 Å². The zero-order chi connectivity index (χ0) is 17.5. The molecule has 23 heavy (non-hydrogen) atoms. The van der Waals surface area contributed by atoms with Gasteiger partial charge in [0.05, 0.1) is 5.69 Å². The van der Waals surface area contributed by atoms with Crippen molar-refractivity contribution in [2.24, 2.45) is 0 Å². The lowest BCUT2D eigenvalue weighted by molar-refractivity contribution is -0.160. The van der Waals surface area contributed by atoms with Crippen LogP contribution in [0.4, 0.5) is 23.7 Å². The minimum absolute atomic E-state index is 0.187. The fourth-order valence-corrected chi connectivity index (χ4v) is 1.59. The average Bonchev–Trinajstić information content (AvgIpc) is 2.44. The van der Waals surface area contributed by atoms with E-state index < -0.39 is 24.8 Å². The SMILES string of the molecule is CC(=O)c1ccccc1NC(=O)CCNC(=O)OCC(F)(F)F. The third kappa shape index (κ3) is 7.30. The number of alkyl carbamates (subject to hydrolysis) is 1. The van der Waals surface area contributed by atoms with Crippen molar-refractivity contribution in [2.45, 2.75) is 19.5 Å². The Balaban J connectivity index is 2.38. The van der Waals surface area contributed by atoms with Gasteiger partial charge in [0, 0.05) is 18.5 Å². The first-order valence-corrected chi connectivity index (χ1v) is 6.56. The molecular formula is C14H15F3N2O4. The largest absolute Gasteiger partial charge is 0.440 e. The van der Waals surface area contributed by atoms with Gasteiger partial charge in [-0.3, -0.25) is 9.59 Å². The van der Waals surface area contributed by atoms with E-state index in [0.29, 0.717) is 11.3 Å². The number of ether oxygens (including phenoxy) is 1. The predicted molar refractivity (Wildman–Crippen MR) is 75.1 cm³/mol. The van der Waals surface area contributed by atoms with Gasteiger partial charge < -0.3 is 15.4 Å². The van der Waals surface area contributed by atoms with Gasteiger partial charge in [0.25, 0.3) is 0 Å². The molecule has 0 saturated carbocycles. The number of Topliss-reactive ketones (excluding diaryl/α,β-unsaturated/α-hetero) is 1. The second kappa shape index (κ2) is 8.16. The highest BCUT2D eigenvalue weighted by atomic mass is 19.4. The first-order chi connectivity index (χ1) is 10.7. The first-order valence-electron chi connectivity index (χ1n) is 6.56. The van der Waals surface area contributed by atoms with Crippen LogP contribution < -0.4 is 10.6 Å². The molecule has 0 radical (unpaired) electrons. The fraction of sp³-hybridized carbons (Fsp3) is 0.357. The Labute approximate surface area is 130 Å². The van der Waals surface area contributed by atoms with Gasteiger partial charge in [0.2, 0.25) is 5.91 Å². The Morgan fingerprint density at radius 3 is 2.43 bits per heavy atom. The molecule has 1 rings (SSSR count). The summed E-state index contributed by atoms with van der Waals surface area (Å²) in [6.45, 7) is -0.551. The number of carbonyl (C=O) groups is 3. The number of anilines is 1. The molecule has 0 heterocycles. The smallest absolute Gasteiger partial charge is 0.422 e. The normalized spacial score (nSPS) is 10.8. The molecule has 9 heteroatoms. The number of benzene rings is 1. The zero-order valence-electron chi connectivity index (χ0n) is 12.2. The average molecular weight is 332 g/mol. The predicted octanol–water partition coefficient (Wildman–Crippen LogP) is 2.51. The number of amides is 2. The van der Waals surface area contributed by atoms with E-state index in [1.807, 2.05) is 5.32 Å².